The highest BCUT2D eigenvalue weighted by atomic mass is 16.2. The number of carbonyl (C=O) groups is 2. The summed E-state index contributed by atoms with van der Waals surface area (Å²) in [6, 6.07) is 17.7. The van der Waals surface area contributed by atoms with Crippen LogP contribution >= 0.6 is 0 Å². The van der Waals surface area contributed by atoms with Crippen molar-refractivity contribution in [2.24, 2.45) is 4.99 Å². The van der Waals surface area contributed by atoms with Gasteiger partial charge < -0.3 is 21.3 Å². The van der Waals surface area contributed by atoms with Crippen molar-refractivity contribution in [1.29, 1.82) is 0 Å². The molecule has 1 aliphatic heterocycles. The lowest BCUT2D eigenvalue weighted by molar-refractivity contribution is -0.121. The van der Waals surface area contributed by atoms with Crippen molar-refractivity contribution in [3.8, 4) is 0 Å². The fourth-order valence-corrected chi connectivity index (χ4v) is 3.30. The maximum atomic E-state index is 12.0. The van der Waals surface area contributed by atoms with Crippen molar-refractivity contribution in [2.45, 2.75) is 25.3 Å². The van der Waals surface area contributed by atoms with Crippen molar-refractivity contribution in [2.75, 3.05) is 25.5 Å². The summed E-state index contributed by atoms with van der Waals surface area (Å²) in [5.41, 5.74) is 3.06. The number of hydrogen-bond donors (Lipinski definition) is 4. The third-order valence-electron chi connectivity index (χ3n) is 4.82. The Bertz CT molecular complexity index is 867. The smallest absolute Gasteiger partial charge is 0.225 e. The number of amides is 2. The van der Waals surface area contributed by atoms with Gasteiger partial charge in [0.2, 0.25) is 11.8 Å². The molecular weight excluding hydrogens is 366 g/mol. The number of nitrogens with one attached hydrogen (secondary N) is 4. The van der Waals surface area contributed by atoms with Crippen molar-refractivity contribution in [1.82, 2.24) is 16.0 Å². The molecule has 0 saturated carbocycles. The van der Waals surface area contributed by atoms with E-state index in [2.05, 4.69) is 26.3 Å². The summed E-state index contributed by atoms with van der Waals surface area (Å²) in [5, 5.41) is 12.2. The molecule has 0 aromatic heterocycles. The first-order valence-electron chi connectivity index (χ1n) is 9.79. The first-order valence-corrected chi connectivity index (χ1v) is 9.79. The minimum absolute atomic E-state index is 0.0188. The Morgan fingerprint density at radius 3 is 2.62 bits per heavy atom. The Balaban J connectivity index is 1.41. The zero-order valence-corrected chi connectivity index (χ0v) is 16.6. The van der Waals surface area contributed by atoms with Crippen LogP contribution in [-0.4, -0.2) is 37.9 Å². The molecule has 0 fully saturated rings. The molecular formula is C22H27N5O2. The van der Waals surface area contributed by atoms with Crippen molar-refractivity contribution in [3.63, 3.8) is 0 Å². The highest BCUT2D eigenvalue weighted by molar-refractivity contribution is 5.94. The Morgan fingerprint density at radius 1 is 1.07 bits per heavy atom. The number of aliphatic imine (C=N–C) groups is 1. The average Bonchev–Trinajstić information content (AvgIpc) is 2.75. The second-order valence-electron chi connectivity index (χ2n) is 6.93. The van der Waals surface area contributed by atoms with E-state index in [-0.39, 0.29) is 17.7 Å². The number of nitrogens with zero attached hydrogens (tertiary/aromatic N) is 1. The number of rotatable bonds is 7. The van der Waals surface area contributed by atoms with Crippen LogP contribution in [0.2, 0.25) is 0 Å². The van der Waals surface area contributed by atoms with Gasteiger partial charge in [-0.3, -0.25) is 14.6 Å². The molecule has 152 valence electrons. The van der Waals surface area contributed by atoms with E-state index in [1.807, 2.05) is 54.6 Å². The van der Waals surface area contributed by atoms with Crippen LogP contribution in [0.15, 0.2) is 59.6 Å². The van der Waals surface area contributed by atoms with Gasteiger partial charge in [0.15, 0.2) is 5.96 Å². The lowest BCUT2D eigenvalue weighted by atomic mass is 9.90. The van der Waals surface area contributed by atoms with Gasteiger partial charge in [-0.2, -0.15) is 0 Å². The summed E-state index contributed by atoms with van der Waals surface area (Å²) in [6.07, 6.45) is 0.783. The first kappa shape index (κ1) is 20.4. The van der Waals surface area contributed by atoms with E-state index in [1.165, 1.54) is 0 Å². The second kappa shape index (κ2) is 10.3. The molecule has 0 radical (unpaired) electrons. The second-order valence-corrected chi connectivity index (χ2v) is 6.93. The van der Waals surface area contributed by atoms with Gasteiger partial charge in [-0.1, -0.05) is 48.5 Å². The topological polar surface area (TPSA) is 94.6 Å². The quantitative estimate of drug-likeness (QED) is 0.427. The fourth-order valence-electron chi connectivity index (χ4n) is 3.30. The van der Waals surface area contributed by atoms with E-state index in [1.54, 1.807) is 7.05 Å². The normalized spacial score (nSPS) is 15.8. The largest absolute Gasteiger partial charge is 0.356 e. The van der Waals surface area contributed by atoms with E-state index in [0.717, 1.165) is 16.8 Å². The molecule has 1 unspecified atom stereocenters. The lowest BCUT2D eigenvalue weighted by Crippen LogP contribution is -2.42. The van der Waals surface area contributed by atoms with Crippen LogP contribution < -0.4 is 21.3 Å². The van der Waals surface area contributed by atoms with Gasteiger partial charge in [-0.15, -0.1) is 0 Å². The Morgan fingerprint density at radius 2 is 1.83 bits per heavy atom. The van der Waals surface area contributed by atoms with Crippen molar-refractivity contribution >= 4 is 23.5 Å². The van der Waals surface area contributed by atoms with E-state index < -0.39 is 0 Å². The number of para-hydroxylation sites is 1. The van der Waals surface area contributed by atoms with Crippen LogP contribution in [0.25, 0.3) is 0 Å². The minimum atomic E-state index is -0.0188. The molecule has 0 spiro atoms. The number of carbonyl (C=O) groups excluding carboxylic acids is 2. The number of hydrogen-bond acceptors (Lipinski definition) is 3. The number of anilines is 1. The molecule has 4 N–H and O–H groups in total. The van der Waals surface area contributed by atoms with Gasteiger partial charge in [-0.25, -0.2) is 0 Å². The molecule has 3 rings (SSSR count). The molecule has 2 amide bonds. The van der Waals surface area contributed by atoms with Crippen molar-refractivity contribution in [3.05, 3.63) is 65.7 Å². The van der Waals surface area contributed by atoms with Gasteiger partial charge in [0.25, 0.3) is 0 Å². The van der Waals surface area contributed by atoms with E-state index in [0.29, 0.717) is 38.4 Å². The van der Waals surface area contributed by atoms with Gasteiger partial charge in [-0.05, 0) is 17.2 Å². The lowest BCUT2D eigenvalue weighted by Gasteiger charge is -2.26. The van der Waals surface area contributed by atoms with Gasteiger partial charge in [0.1, 0.15) is 0 Å². The highest BCUT2D eigenvalue weighted by Crippen LogP contribution is 2.31. The zero-order chi connectivity index (χ0) is 20.5. The molecule has 0 bridgehead atoms. The molecule has 7 nitrogen and oxygen atoms in total. The zero-order valence-electron chi connectivity index (χ0n) is 16.6. The molecule has 1 heterocycles. The Kier molecular flexibility index (Phi) is 7.22. The van der Waals surface area contributed by atoms with Crippen LogP contribution in [0.3, 0.4) is 0 Å². The monoisotopic (exact) mass is 393 g/mol. The number of guanidine groups is 1. The molecule has 0 aliphatic carbocycles. The number of benzene rings is 2. The van der Waals surface area contributed by atoms with E-state index in [9.17, 15) is 9.59 Å². The molecule has 2 aromatic carbocycles. The van der Waals surface area contributed by atoms with Crippen molar-refractivity contribution < 1.29 is 9.59 Å². The van der Waals surface area contributed by atoms with Crippen LogP contribution in [0.1, 0.15) is 29.9 Å². The van der Waals surface area contributed by atoms with Crippen LogP contribution in [0, 0.1) is 0 Å². The predicted octanol–water partition coefficient (Wildman–Crippen LogP) is 1.98. The Hall–Kier alpha value is -3.35. The summed E-state index contributed by atoms with van der Waals surface area (Å²) >= 11 is 0. The van der Waals surface area contributed by atoms with Crippen LogP contribution in [0.4, 0.5) is 5.69 Å². The van der Waals surface area contributed by atoms with Crippen LogP contribution in [0.5, 0.6) is 0 Å². The van der Waals surface area contributed by atoms with Gasteiger partial charge >= 0.3 is 0 Å². The van der Waals surface area contributed by atoms with Gasteiger partial charge in [0.05, 0.1) is 0 Å². The summed E-state index contributed by atoms with van der Waals surface area (Å²) < 4.78 is 0. The molecule has 1 atom stereocenters. The standard InChI is InChI=1S/C22H27N5O2/c1-23-22(24-12-11-20(28)25-14-16-7-3-2-4-8-16)26-15-17-13-21(29)27-19-10-6-5-9-18(17)19/h2-10,17H,11-15H2,1H3,(H,25,28)(H,27,29)(H2,23,24,26). The van der Waals surface area contributed by atoms with E-state index >= 15 is 0 Å². The SMILES string of the molecule is CN=C(NCCC(=O)NCc1ccccc1)NCC1CC(=O)Nc2ccccc21. The van der Waals surface area contributed by atoms with Crippen LogP contribution in [-0.2, 0) is 16.1 Å². The third kappa shape index (κ3) is 6.07. The molecule has 7 heteroatoms. The predicted molar refractivity (Wildman–Crippen MR) is 115 cm³/mol. The minimum Gasteiger partial charge on any atom is -0.356 e. The van der Waals surface area contributed by atoms with E-state index in [4.69, 9.17) is 0 Å². The molecule has 29 heavy (non-hydrogen) atoms. The average molecular weight is 393 g/mol. The Labute approximate surface area is 171 Å². The molecule has 2 aromatic rings. The fraction of sp³-hybridized carbons (Fsp3) is 0.318. The summed E-state index contributed by atoms with van der Waals surface area (Å²) in [4.78, 5) is 28.1. The maximum absolute atomic E-state index is 12.0. The first-order chi connectivity index (χ1) is 14.2. The summed E-state index contributed by atoms with van der Waals surface area (Å²) in [7, 11) is 1.69. The molecule has 1 aliphatic rings. The summed E-state index contributed by atoms with van der Waals surface area (Å²) in [6.45, 7) is 1.59. The molecule has 0 saturated heterocycles. The maximum Gasteiger partial charge on any atom is 0.225 e. The number of fused-ring (bicyclic) bond motifs is 1. The van der Waals surface area contributed by atoms with Gasteiger partial charge in [0, 0.05) is 51.1 Å². The third-order valence-corrected chi connectivity index (χ3v) is 4.82. The summed E-state index contributed by atoms with van der Waals surface area (Å²) in [5.74, 6) is 0.695. The highest BCUT2D eigenvalue weighted by Gasteiger charge is 2.24.